The van der Waals surface area contributed by atoms with Gasteiger partial charge in [0, 0.05) is 24.6 Å². The van der Waals surface area contributed by atoms with Gasteiger partial charge in [-0.2, -0.15) is 0 Å². The van der Waals surface area contributed by atoms with Gasteiger partial charge in [-0.05, 0) is 62.1 Å². The summed E-state index contributed by atoms with van der Waals surface area (Å²) in [6, 6.07) is 16.1. The summed E-state index contributed by atoms with van der Waals surface area (Å²) >= 11 is 0. The van der Waals surface area contributed by atoms with Crippen LogP contribution in [-0.4, -0.2) is 45.4 Å². The van der Waals surface area contributed by atoms with E-state index in [-0.39, 0.29) is 11.9 Å². The van der Waals surface area contributed by atoms with E-state index in [1.165, 1.54) is 5.56 Å². The Kier molecular flexibility index (Phi) is 5.58. The van der Waals surface area contributed by atoms with E-state index in [1.807, 2.05) is 29.2 Å². The highest BCUT2D eigenvalue weighted by molar-refractivity contribution is 5.96. The molecule has 2 aliphatic heterocycles. The minimum Gasteiger partial charge on any atom is -0.311 e. The van der Waals surface area contributed by atoms with E-state index in [9.17, 15) is 4.79 Å². The molecule has 1 amide bonds. The molecule has 2 aliphatic rings. The number of amides is 1. The molecule has 0 spiro atoms. The van der Waals surface area contributed by atoms with Crippen LogP contribution in [0.2, 0.25) is 0 Å². The molecule has 2 aromatic heterocycles. The molecule has 0 bridgehead atoms. The number of benzene rings is 1. The molecule has 1 aromatic carbocycles. The number of nitrogens with zero attached hydrogens (tertiary/aromatic N) is 5. The molecule has 0 aliphatic carbocycles. The average molecular weight is 415 g/mol. The number of aryl methyl sites for hydroxylation is 1. The summed E-state index contributed by atoms with van der Waals surface area (Å²) < 4.78 is 0. The van der Waals surface area contributed by atoms with E-state index < -0.39 is 0 Å². The Hall–Kier alpha value is -3.32. The van der Waals surface area contributed by atoms with Gasteiger partial charge >= 0.3 is 0 Å². The molecule has 1 fully saturated rings. The van der Waals surface area contributed by atoms with Crippen LogP contribution in [0.3, 0.4) is 0 Å². The Balaban J connectivity index is 1.30. The van der Waals surface area contributed by atoms with E-state index in [4.69, 9.17) is 4.98 Å². The number of carbonyl (C=O) groups excluding carboxylic acids is 1. The van der Waals surface area contributed by atoms with Crippen LogP contribution >= 0.6 is 0 Å². The zero-order valence-electron chi connectivity index (χ0n) is 17.4. The van der Waals surface area contributed by atoms with E-state index in [0.29, 0.717) is 18.3 Å². The van der Waals surface area contributed by atoms with Crippen LogP contribution in [0.4, 0.5) is 17.5 Å². The van der Waals surface area contributed by atoms with Crippen molar-refractivity contribution in [1.29, 1.82) is 0 Å². The van der Waals surface area contributed by atoms with E-state index in [0.717, 1.165) is 50.2 Å². The number of carbonyl (C=O) groups is 1. The molecule has 7 heteroatoms. The van der Waals surface area contributed by atoms with Crippen molar-refractivity contribution >= 4 is 23.4 Å². The van der Waals surface area contributed by atoms with Crippen molar-refractivity contribution in [3.8, 4) is 0 Å². The summed E-state index contributed by atoms with van der Waals surface area (Å²) in [5.74, 6) is 1.41. The second-order valence-corrected chi connectivity index (χ2v) is 8.05. The van der Waals surface area contributed by atoms with E-state index >= 15 is 0 Å². The van der Waals surface area contributed by atoms with Gasteiger partial charge in [-0.3, -0.25) is 9.69 Å². The number of fused-ring (bicyclic) bond motifs is 1. The quantitative estimate of drug-likeness (QED) is 0.686. The number of anilines is 3. The first-order valence-electron chi connectivity index (χ1n) is 10.9. The topological polar surface area (TPSA) is 74.2 Å². The zero-order valence-corrected chi connectivity index (χ0v) is 17.4. The number of hydrogen-bond acceptors (Lipinski definition) is 6. The standard InChI is InChI=1S/C24H26N6O/c31-23(30-16-4-8-18-7-1-2-10-20(18)30)17-29-15-5-11-21(29)19-9-3-12-22(27-19)28-24-25-13-6-14-26-24/h1-3,6-7,9-10,12-14,21H,4-5,8,11,15-17H2,(H,25,26,27,28). The number of para-hydroxylation sites is 1. The molecule has 31 heavy (non-hydrogen) atoms. The van der Waals surface area contributed by atoms with E-state index in [1.54, 1.807) is 18.5 Å². The van der Waals surface area contributed by atoms with Crippen LogP contribution < -0.4 is 10.2 Å². The highest BCUT2D eigenvalue weighted by atomic mass is 16.2. The highest BCUT2D eigenvalue weighted by Gasteiger charge is 2.31. The summed E-state index contributed by atoms with van der Waals surface area (Å²) in [6.07, 6.45) is 7.52. The molecule has 1 N–H and O–H groups in total. The first-order valence-corrected chi connectivity index (χ1v) is 10.9. The lowest BCUT2D eigenvalue weighted by atomic mass is 10.0. The third kappa shape index (κ3) is 4.27. The Labute approximate surface area is 182 Å². The fraction of sp³-hybridized carbons (Fsp3) is 0.333. The molecule has 0 saturated carbocycles. The van der Waals surface area contributed by atoms with Gasteiger partial charge in [-0.1, -0.05) is 24.3 Å². The maximum Gasteiger partial charge on any atom is 0.241 e. The number of nitrogens with one attached hydrogen (secondary N) is 1. The second kappa shape index (κ2) is 8.81. The SMILES string of the molecule is O=C(CN1CCCC1c1cccc(Nc2ncccn2)n1)N1CCCc2ccccc21. The molecule has 5 rings (SSSR count). The fourth-order valence-electron chi connectivity index (χ4n) is 4.59. The van der Waals surface area contributed by atoms with Crippen LogP contribution in [0.25, 0.3) is 0 Å². The molecule has 158 valence electrons. The third-order valence-corrected chi connectivity index (χ3v) is 6.03. The third-order valence-electron chi connectivity index (χ3n) is 6.03. The molecule has 7 nitrogen and oxygen atoms in total. The number of rotatable bonds is 5. The van der Waals surface area contributed by atoms with Gasteiger partial charge in [0.05, 0.1) is 18.3 Å². The average Bonchev–Trinajstić information content (AvgIpc) is 3.27. The van der Waals surface area contributed by atoms with Crippen LogP contribution in [0.1, 0.15) is 36.6 Å². The van der Waals surface area contributed by atoms with Crippen molar-refractivity contribution in [2.24, 2.45) is 0 Å². The smallest absolute Gasteiger partial charge is 0.241 e. The zero-order chi connectivity index (χ0) is 21.0. The second-order valence-electron chi connectivity index (χ2n) is 8.05. The van der Waals surface area contributed by atoms with Crippen LogP contribution in [0, 0.1) is 0 Å². The molecule has 1 saturated heterocycles. The Bertz CT molecular complexity index is 1060. The Morgan fingerprint density at radius 1 is 1.00 bits per heavy atom. The normalized spacial score (nSPS) is 18.6. The summed E-state index contributed by atoms with van der Waals surface area (Å²) in [5, 5.41) is 3.16. The summed E-state index contributed by atoms with van der Waals surface area (Å²) in [4.78, 5) is 30.7. The first-order chi connectivity index (χ1) is 15.3. The van der Waals surface area contributed by atoms with Gasteiger partial charge in [0.2, 0.25) is 11.9 Å². The lowest BCUT2D eigenvalue weighted by molar-refractivity contribution is -0.120. The molecule has 0 radical (unpaired) electrons. The van der Waals surface area contributed by atoms with Crippen molar-refractivity contribution in [3.63, 3.8) is 0 Å². The van der Waals surface area contributed by atoms with Crippen LogP contribution in [0.5, 0.6) is 0 Å². The van der Waals surface area contributed by atoms with Crippen molar-refractivity contribution in [2.45, 2.75) is 31.7 Å². The largest absolute Gasteiger partial charge is 0.311 e. The number of likely N-dealkylation sites (tertiary alicyclic amines) is 1. The lowest BCUT2D eigenvalue weighted by Crippen LogP contribution is -2.42. The van der Waals surface area contributed by atoms with Gasteiger partial charge in [0.25, 0.3) is 0 Å². The fourth-order valence-corrected chi connectivity index (χ4v) is 4.59. The predicted octanol–water partition coefficient (Wildman–Crippen LogP) is 3.73. The molecule has 1 unspecified atom stereocenters. The minimum absolute atomic E-state index is 0.141. The van der Waals surface area contributed by atoms with Gasteiger partial charge in [0.15, 0.2) is 0 Å². The summed E-state index contributed by atoms with van der Waals surface area (Å²) in [6.45, 7) is 2.12. The summed E-state index contributed by atoms with van der Waals surface area (Å²) in [7, 11) is 0. The maximum absolute atomic E-state index is 13.2. The van der Waals surface area contributed by atoms with Crippen molar-refractivity contribution in [1.82, 2.24) is 19.9 Å². The van der Waals surface area contributed by atoms with Gasteiger partial charge in [-0.25, -0.2) is 15.0 Å². The van der Waals surface area contributed by atoms with Gasteiger partial charge < -0.3 is 10.2 Å². The van der Waals surface area contributed by atoms with Crippen LogP contribution in [0.15, 0.2) is 60.9 Å². The molecular weight excluding hydrogens is 388 g/mol. The Morgan fingerprint density at radius 3 is 2.77 bits per heavy atom. The first kappa shape index (κ1) is 19.6. The molecular formula is C24H26N6O. The maximum atomic E-state index is 13.2. The van der Waals surface area contributed by atoms with Crippen molar-refractivity contribution in [2.75, 3.05) is 29.9 Å². The van der Waals surface area contributed by atoms with Crippen molar-refractivity contribution < 1.29 is 4.79 Å². The van der Waals surface area contributed by atoms with Crippen LogP contribution in [-0.2, 0) is 11.2 Å². The number of aromatic nitrogens is 3. The lowest BCUT2D eigenvalue weighted by Gasteiger charge is -2.32. The Morgan fingerprint density at radius 2 is 1.87 bits per heavy atom. The predicted molar refractivity (Wildman–Crippen MR) is 120 cm³/mol. The number of pyridine rings is 1. The number of hydrogen-bond donors (Lipinski definition) is 1. The molecule has 1 atom stereocenters. The molecule has 3 aromatic rings. The van der Waals surface area contributed by atoms with Gasteiger partial charge in [-0.15, -0.1) is 0 Å². The summed E-state index contributed by atoms with van der Waals surface area (Å²) in [5.41, 5.74) is 3.32. The van der Waals surface area contributed by atoms with E-state index in [2.05, 4.69) is 38.4 Å². The van der Waals surface area contributed by atoms with Gasteiger partial charge in [0.1, 0.15) is 5.82 Å². The monoisotopic (exact) mass is 414 g/mol. The highest BCUT2D eigenvalue weighted by Crippen LogP contribution is 2.32. The molecule has 4 heterocycles. The van der Waals surface area contributed by atoms with Crippen molar-refractivity contribution in [3.05, 3.63) is 72.2 Å². The minimum atomic E-state index is 0.141.